The zero-order valence-corrected chi connectivity index (χ0v) is 14.1. The summed E-state index contributed by atoms with van der Waals surface area (Å²) in [4.78, 5) is 12.5. The fourth-order valence-electron chi connectivity index (χ4n) is 3.02. The van der Waals surface area contributed by atoms with Gasteiger partial charge in [0.05, 0.1) is 11.6 Å². The second-order valence-corrected chi connectivity index (χ2v) is 6.50. The number of carbonyl (C=O) groups excluding carboxylic acids is 1. The monoisotopic (exact) mass is 374 g/mol. The number of halogens is 2. The second kappa shape index (κ2) is 6.65. The molecule has 1 aromatic rings. The molecule has 1 fully saturated rings. The zero-order chi connectivity index (χ0) is 14.2. The predicted molar refractivity (Wildman–Crippen MR) is 87.6 cm³/mol. The maximum Gasteiger partial charge on any atom is 0.240 e. The van der Waals surface area contributed by atoms with Gasteiger partial charge in [0.15, 0.2) is 0 Å². The van der Waals surface area contributed by atoms with E-state index >= 15 is 0 Å². The number of ether oxygens (including phenoxy) is 1. The van der Waals surface area contributed by atoms with Gasteiger partial charge in [0.25, 0.3) is 0 Å². The molecule has 1 amide bonds. The van der Waals surface area contributed by atoms with Crippen molar-refractivity contribution in [3.63, 3.8) is 0 Å². The topological polar surface area (TPSA) is 64.4 Å². The van der Waals surface area contributed by atoms with E-state index in [2.05, 4.69) is 27.3 Å². The molecule has 1 aliphatic heterocycles. The van der Waals surface area contributed by atoms with Gasteiger partial charge in [-0.2, -0.15) is 0 Å². The van der Waals surface area contributed by atoms with Crippen molar-refractivity contribution in [2.75, 3.05) is 13.2 Å². The second-order valence-electron chi connectivity index (χ2n) is 5.64. The van der Waals surface area contributed by atoms with Crippen molar-refractivity contribution in [2.24, 2.45) is 5.73 Å². The molecule has 1 aliphatic carbocycles. The van der Waals surface area contributed by atoms with E-state index in [-0.39, 0.29) is 24.4 Å². The van der Waals surface area contributed by atoms with Crippen LogP contribution < -0.4 is 11.1 Å². The molecule has 1 aromatic carbocycles. The summed E-state index contributed by atoms with van der Waals surface area (Å²) in [7, 11) is 0. The minimum Gasteiger partial charge on any atom is -0.381 e. The average molecular weight is 376 g/mol. The van der Waals surface area contributed by atoms with E-state index in [4.69, 9.17) is 10.5 Å². The van der Waals surface area contributed by atoms with Crippen LogP contribution in [0.5, 0.6) is 0 Å². The Morgan fingerprint density at radius 3 is 2.81 bits per heavy atom. The van der Waals surface area contributed by atoms with Crippen molar-refractivity contribution in [1.29, 1.82) is 0 Å². The smallest absolute Gasteiger partial charge is 0.240 e. The van der Waals surface area contributed by atoms with Crippen LogP contribution in [0, 0.1) is 0 Å². The van der Waals surface area contributed by atoms with Crippen LogP contribution in [0.4, 0.5) is 0 Å². The number of amides is 1. The fraction of sp³-hybridized carbons (Fsp3) is 0.533. The van der Waals surface area contributed by atoms with Crippen LogP contribution in [0.15, 0.2) is 22.7 Å². The molecule has 116 valence electrons. The molecule has 3 N–H and O–H groups in total. The summed E-state index contributed by atoms with van der Waals surface area (Å²) >= 11 is 3.57. The maximum absolute atomic E-state index is 12.5. The molecule has 21 heavy (non-hydrogen) atoms. The highest BCUT2D eigenvalue weighted by Crippen LogP contribution is 2.36. The molecule has 4 nitrogen and oxygen atoms in total. The molecule has 0 saturated carbocycles. The number of nitrogens with two attached hydrogens (primary N) is 1. The lowest BCUT2D eigenvalue weighted by molar-refractivity contribution is -0.130. The Morgan fingerprint density at radius 2 is 2.10 bits per heavy atom. The van der Waals surface area contributed by atoms with Gasteiger partial charge in [-0.25, -0.2) is 0 Å². The molecule has 1 unspecified atom stereocenters. The van der Waals surface area contributed by atoms with Gasteiger partial charge in [0.1, 0.15) is 0 Å². The van der Waals surface area contributed by atoms with E-state index < -0.39 is 5.54 Å². The number of fused-ring (bicyclic) bond motifs is 1. The standard InChI is InChI=1S/C15H19BrN2O2.ClH/c16-12-3-1-2-11-10(12)4-5-13(11)18-14(19)15(17)6-8-20-9-7-15;/h1-3,13H,4-9,17H2,(H,18,19);1H. The molecule has 0 aromatic heterocycles. The molecule has 2 aliphatic rings. The van der Waals surface area contributed by atoms with Crippen LogP contribution in [-0.2, 0) is 16.0 Å². The van der Waals surface area contributed by atoms with Gasteiger partial charge in [0, 0.05) is 17.7 Å². The van der Waals surface area contributed by atoms with Crippen molar-refractivity contribution < 1.29 is 9.53 Å². The number of benzene rings is 1. The third-order valence-electron chi connectivity index (χ3n) is 4.36. The maximum atomic E-state index is 12.5. The first kappa shape index (κ1) is 16.7. The highest BCUT2D eigenvalue weighted by molar-refractivity contribution is 9.10. The largest absolute Gasteiger partial charge is 0.381 e. The van der Waals surface area contributed by atoms with Gasteiger partial charge in [-0.1, -0.05) is 28.1 Å². The number of carbonyl (C=O) groups is 1. The van der Waals surface area contributed by atoms with E-state index in [1.54, 1.807) is 0 Å². The zero-order valence-electron chi connectivity index (χ0n) is 11.7. The Kier molecular flexibility index (Phi) is 5.30. The van der Waals surface area contributed by atoms with Crippen molar-refractivity contribution in [1.82, 2.24) is 5.32 Å². The molecular weight excluding hydrogens is 356 g/mol. The normalized spacial score (nSPS) is 23.0. The van der Waals surface area contributed by atoms with Crippen LogP contribution in [0.1, 0.15) is 36.4 Å². The summed E-state index contributed by atoms with van der Waals surface area (Å²) in [5.74, 6) is -0.0429. The molecular formula is C15H20BrClN2O2. The van der Waals surface area contributed by atoms with Crippen molar-refractivity contribution >= 4 is 34.2 Å². The number of nitrogens with one attached hydrogen (secondary N) is 1. The van der Waals surface area contributed by atoms with Crippen LogP contribution in [-0.4, -0.2) is 24.7 Å². The molecule has 1 atom stereocenters. The highest BCUT2D eigenvalue weighted by atomic mass is 79.9. The first-order valence-electron chi connectivity index (χ1n) is 7.05. The quantitative estimate of drug-likeness (QED) is 0.834. The van der Waals surface area contributed by atoms with Gasteiger partial charge < -0.3 is 15.8 Å². The Bertz CT molecular complexity index is 532. The lowest BCUT2D eigenvalue weighted by Gasteiger charge is -2.33. The van der Waals surface area contributed by atoms with Crippen LogP contribution in [0.25, 0.3) is 0 Å². The molecule has 1 saturated heterocycles. The van der Waals surface area contributed by atoms with Gasteiger partial charge in [-0.05, 0) is 42.9 Å². The van der Waals surface area contributed by atoms with Gasteiger partial charge in [-0.3, -0.25) is 4.79 Å². The summed E-state index contributed by atoms with van der Waals surface area (Å²) < 4.78 is 6.42. The van der Waals surface area contributed by atoms with Gasteiger partial charge in [0.2, 0.25) is 5.91 Å². The first-order chi connectivity index (χ1) is 9.60. The molecule has 6 heteroatoms. The molecule has 0 bridgehead atoms. The van der Waals surface area contributed by atoms with E-state index in [1.807, 2.05) is 12.1 Å². The van der Waals surface area contributed by atoms with E-state index in [0.29, 0.717) is 26.1 Å². The minimum atomic E-state index is -0.771. The molecule has 1 heterocycles. The third kappa shape index (κ3) is 3.26. The van der Waals surface area contributed by atoms with Crippen molar-refractivity contribution in [3.8, 4) is 0 Å². The molecule has 0 radical (unpaired) electrons. The number of hydrogen-bond donors (Lipinski definition) is 2. The fourth-order valence-corrected chi connectivity index (χ4v) is 3.60. The van der Waals surface area contributed by atoms with Crippen LogP contribution >= 0.6 is 28.3 Å². The van der Waals surface area contributed by atoms with Crippen LogP contribution in [0.2, 0.25) is 0 Å². The Balaban J connectivity index is 0.00000161. The molecule has 0 spiro atoms. The predicted octanol–water partition coefficient (Wildman–Crippen LogP) is 2.48. The minimum absolute atomic E-state index is 0. The summed E-state index contributed by atoms with van der Waals surface area (Å²) in [6.45, 7) is 1.13. The lowest BCUT2D eigenvalue weighted by atomic mass is 9.90. The Hall–Kier alpha value is -0.620. The van der Waals surface area contributed by atoms with E-state index in [1.165, 1.54) is 11.1 Å². The summed E-state index contributed by atoms with van der Waals surface area (Å²) in [5, 5.41) is 3.13. The average Bonchev–Trinajstić information content (AvgIpc) is 2.84. The van der Waals surface area contributed by atoms with Gasteiger partial charge in [-0.15, -0.1) is 12.4 Å². The third-order valence-corrected chi connectivity index (χ3v) is 5.10. The SMILES string of the molecule is Cl.NC1(C(=O)NC2CCc3c(Br)cccc32)CCOCC1. The summed E-state index contributed by atoms with van der Waals surface area (Å²) in [6, 6.07) is 6.23. The van der Waals surface area contributed by atoms with E-state index in [0.717, 1.165) is 17.3 Å². The lowest BCUT2D eigenvalue weighted by Crippen LogP contribution is -2.57. The van der Waals surface area contributed by atoms with E-state index in [9.17, 15) is 4.79 Å². The summed E-state index contributed by atoms with van der Waals surface area (Å²) in [6.07, 6.45) is 3.12. The summed E-state index contributed by atoms with van der Waals surface area (Å²) in [5.41, 5.74) is 7.97. The van der Waals surface area contributed by atoms with Crippen LogP contribution in [0.3, 0.4) is 0 Å². The molecule has 3 rings (SSSR count). The highest BCUT2D eigenvalue weighted by Gasteiger charge is 2.38. The first-order valence-corrected chi connectivity index (χ1v) is 7.84. The number of hydrogen-bond acceptors (Lipinski definition) is 3. The van der Waals surface area contributed by atoms with Gasteiger partial charge >= 0.3 is 0 Å². The van der Waals surface area contributed by atoms with Crippen molar-refractivity contribution in [3.05, 3.63) is 33.8 Å². The Morgan fingerprint density at radius 1 is 1.38 bits per heavy atom. The Labute approximate surface area is 139 Å². The number of rotatable bonds is 2. The van der Waals surface area contributed by atoms with Crippen molar-refractivity contribution in [2.45, 2.75) is 37.3 Å².